The minimum atomic E-state index is -0.00886. The van der Waals surface area contributed by atoms with Crippen molar-refractivity contribution in [3.8, 4) is 17.2 Å². The van der Waals surface area contributed by atoms with Gasteiger partial charge in [0, 0.05) is 6.54 Å². The van der Waals surface area contributed by atoms with E-state index in [4.69, 9.17) is 14.2 Å². The summed E-state index contributed by atoms with van der Waals surface area (Å²) in [6.07, 6.45) is 0. The molecule has 130 valence electrons. The van der Waals surface area contributed by atoms with Gasteiger partial charge in [-0.25, -0.2) is 0 Å². The average molecular weight is 357 g/mol. The zero-order chi connectivity index (χ0) is 17.2. The quantitative estimate of drug-likeness (QED) is 0.841. The second kappa shape index (κ2) is 6.88. The molecule has 0 aromatic heterocycles. The molecule has 2 aromatic carbocycles. The van der Waals surface area contributed by atoms with Gasteiger partial charge in [0.1, 0.15) is 24.3 Å². The lowest BCUT2D eigenvalue weighted by atomic mass is 10.1. The first kappa shape index (κ1) is 16.1. The lowest BCUT2D eigenvalue weighted by Gasteiger charge is -2.26. The summed E-state index contributed by atoms with van der Waals surface area (Å²) in [5, 5.41) is -0.00886. The predicted molar refractivity (Wildman–Crippen MR) is 96.2 cm³/mol. The predicted octanol–water partition coefficient (Wildman–Crippen LogP) is 3.24. The number of fused-ring (bicyclic) bond motifs is 1. The van der Waals surface area contributed by atoms with E-state index < -0.39 is 0 Å². The van der Waals surface area contributed by atoms with Crippen molar-refractivity contribution >= 4 is 17.7 Å². The van der Waals surface area contributed by atoms with Gasteiger partial charge in [-0.2, -0.15) is 0 Å². The zero-order valence-corrected chi connectivity index (χ0v) is 14.8. The van der Waals surface area contributed by atoms with E-state index in [-0.39, 0.29) is 11.3 Å². The fraction of sp³-hybridized carbons (Fsp3) is 0.316. The highest BCUT2D eigenvalue weighted by molar-refractivity contribution is 8.00. The molecule has 2 heterocycles. The Morgan fingerprint density at radius 2 is 1.88 bits per heavy atom. The molecule has 1 amide bonds. The Morgan fingerprint density at radius 1 is 1.12 bits per heavy atom. The third-order valence-electron chi connectivity index (χ3n) is 4.33. The van der Waals surface area contributed by atoms with Crippen molar-refractivity contribution < 1.29 is 19.0 Å². The molecule has 2 aliphatic heterocycles. The van der Waals surface area contributed by atoms with Gasteiger partial charge < -0.3 is 19.1 Å². The Bertz CT molecular complexity index is 777. The summed E-state index contributed by atoms with van der Waals surface area (Å²) in [5.41, 5.74) is 2.15. The van der Waals surface area contributed by atoms with Gasteiger partial charge >= 0.3 is 0 Å². The largest absolute Gasteiger partial charge is 0.497 e. The van der Waals surface area contributed by atoms with Crippen LogP contribution in [-0.2, 0) is 11.3 Å². The SMILES string of the molecule is COc1ccc(CN2C(=O)CSC2c2ccc3c(c2)OCCO3)cc1. The summed E-state index contributed by atoms with van der Waals surface area (Å²) in [5.74, 6) is 2.99. The molecule has 0 aliphatic carbocycles. The molecule has 6 heteroatoms. The van der Waals surface area contributed by atoms with Crippen LogP contribution in [0.1, 0.15) is 16.5 Å². The number of methoxy groups -OCH3 is 1. The maximum Gasteiger partial charge on any atom is 0.234 e. The monoisotopic (exact) mass is 357 g/mol. The number of rotatable bonds is 4. The number of amides is 1. The van der Waals surface area contributed by atoms with Gasteiger partial charge in [-0.15, -0.1) is 11.8 Å². The Kier molecular flexibility index (Phi) is 4.44. The molecular weight excluding hydrogens is 338 g/mol. The van der Waals surface area contributed by atoms with E-state index in [0.29, 0.717) is 25.5 Å². The fourth-order valence-electron chi connectivity index (χ4n) is 3.04. The highest BCUT2D eigenvalue weighted by atomic mass is 32.2. The second-order valence-corrected chi connectivity index (χ2v) is 7.00. The van der Waals surface area contributed by atoms with Crippen LogP contribution in [-0.4, -0.2) is 36.9 Å². The van der Waals surface area contributed by atoms with Gasteiger partial charge in [0.25, 0.3) is 0 Å². The topological polar surface area (TPSA) is 48.0 Å². The molecule has 0 bridgehead atoms. The fourth-order valence-corrected chi connectivity index (χ4v) is 4.22. The number of nitrogens with zero attached hydrogens (tertiary/aromatic N) is 1. The van der Waals surface area contributed by atoms with Crippen molar-refractivity contribution in [2.75, 3.05) is 26.1 Å². The van der Waals surface area contributed by atoms with Gasteiger partial charge in [-0.1, -0.05) is 18.2 Å². The summed E-state index contributed by atoms with van der Waals surface area (Å²) in [4.78, 5) is 14.3. The van der Waals surface area contributed by atoms with Crippen molar-refractivity contribution in [2.24, 2.45) is 0 Å². The minimum Gasteiger partial charge on any atom is -0.497 e. The summed E-state index contributed by atoms with van der Waals surface area (Å²) in [6.45, 7) is 1.71. The van der Waals surface area contributed by atoms with Crippen LogP contribution in [0.5, 0.6) is 17.2 Å². The molecule has 0 saturated carbocycles. The Hall–Kier alpha value is -2.34. The van der Waals surface area contributed by atoms with Crippen molar-refractivity contribution in [3.63, 3.8) is 0 Å². The number of hydrogen-bond acceptors (Lipinski definition) is 5. The van der Waals surface area contributed by atoms with Crippen LogP contribution >= 0.6 is 11.8 Å². The lowest BCUT2D eigenvalue weighted by molar-refractivity contribution is -0.128. The molecule has 1 atom stereocenters. The molecule has 5 nitrogen and oxygen atoms in total. The van der Waals surface area contributed by atoms with E-state index in [9.17, 15) is 4.79 Å². The van der Waals surface area contributed by atoms with Crippen LogP contribution in [0.4, 0.5) is 0 Å². The van der Waals surface area contributed by atoms with Gasteiger partial charge in [0.05, 0.1) is 12.9 Å². The average Bonchev–Trinajstić information content (AvgIpc) is 3.02. The highest BCUT2D eigenvalue weighted by Gasteiger charge is 2.33. The van der Waals surface area contributed by atoms with Crippen molar-refractivity contribution in [1.82, 2.24) is 4.90 Å². The van der Waals surface area contributed by atoms with Crippen LogP contribution in [0.15, 0.2) is 42.5 Å². The Labute approximate surface area is 150 Å². The van der Waals surface area contributed by atoms with Gasteiger partial charge in [0.2, 0.25) is 5.91 Å². The number of ether oxygens (including phenoxy) is 3. The molecule has 1 fully saturated rings. The molecule has 25 heavy (non-hydrogen) atoms. The number of thioether (sulfide) groups is 1. The summed E-state index contributed by atoms with van der Waals surface area (Å²) >= 11 is 1.64. The number of benzene rings is 2. The highest BCUT2D eigenvalue weighted by Crippen LogP contribution is 2.42. The first-order valence-electron chi connectivity index (χ1n) is 8.18. The summed E-state index contributed by atoms with van der Waals surface area (Å²) < 4.78 is 16.5. The minimum absolute atomic E-state index is 0.00886. The van der Waals surface area contributed by atoms with Crippen LogP contribution in [0.25, 0.3) is 0 Å². The number of hydrogen-bond donors (Lipinski definition) is 0. The third-order valence-corrected chi connectivity index (χ3v) is 5.59. The van der Waals surface area contributed by atoms with E-state index in [1.807, 2.05) is 47.4 Å². The van der Waals surface area contributed by atoms with Crippen molar-refractivity contribution in [1.29, 1.82) is 0 Å². The first-order chi connectivity index (χ1) is 12.2. The van der Waals surface area contributed by atoms with Crippen LogP contribution in [0, 0.1) is 0 Å². The zero-order valence-electron chi connectivity index (χ0n) is 13.9. The van der Waals surface area contributed by atoms with Gasteiger partial charge in [-0.3, -0.25) is 4.79 Å². The standard InChI is InChI=1S/C19H19NO4S/c1-22-15-5-2-13(3-6-15)11-20-18(21)12-25-19(20)14-4-7-16-17(10-14)24-9-8-23-16/h2-7,10,19H,8-9,11-12H2,1H3. The molecule has 1 saturated heterocycles. The van der Waals surface area contributed by atoms with Crippen LogP contribution < -0.4 is 14.2 Å². The summed E-state index contributed by atoms with van der Waals surface area (Å²) in [6, 6.07) is 13.8. The van der Waals surface area contributed by atoms with Crippen LogP contribution in [0.3, 0.4) is 0 Å². The van der Waals surface area contributed by atoms with Gasteiger partial charge in [0.15, 0.2) is 11.5 Å². The summed E-state index contributed by atoms with van der Waals surface area (Å²) in [7, 11) is 1.65. The first-order valence-corrected chi connectivity index (χ1v) is 9.23. The molecule has 2 aromatic rings. The van der Waals surface area contributed by atoms with E-state index >= 15 is 0 Å². The number of carbonyl (C=O) groups is 1. The van der Waals surface area contributed by atoms with E-state index in [2.05, 4.69) is 0 Å². The normalized spacial score (nSPS) is 19.2. The smallest absolute Gasteiger partial charge is 0.234 e. The number of carbonyl (C=O) groups excluding carboxylic acids is 1. The maximum atomic E-state index is 12.4. The molecule has 0 N–H and O–H groups in total. The van der Waals surface area contributed by atoms with E-state index in [0.717, 1.165) is 28.4 Å². The van der Waals surface area contributed by atoms with Crippen molar-refractivity contribution in [3.05, 3.63) is 53.6 Å². The van der Waals surface area contributed by atoms with Crippen molar-refractivity contribution in [2.45, 2.75) is 11.9 Å². The Morgan fingerprint density at radius 3 is 2.64 bits per heavy atom. The lowest BCUT2D eigenvalue weighted by Crippen LogP contribution is -2.27. The molecule has 0 radical (unpaired) electrons. The van der Waals surface area contributed by atoms with E-state index in [1.165, 1.54) is 0 Å². The van der Waals surface area contributed by atoms with E-state index in [1.54, 1.807) is 18.9 Å². The maximum absolute atomic E-state index is 12.4. The molecule has 2 aliphatic rings. The van der Waals surface area contributed by atoms with Gasteiger partial charge in [-0.05, 0) is 35.4 Å². The second-order valence-electron chi connectivity index (χ2n) is 5.94. The molecule has 0 spiro atoms. The molecular formula is C19H19NO4S. The third kappa shape index (κ3) is 3.26. The Balaban J connectivity index is 1.56. The molecule has 4 rings (SSSR count). The molecule has 1 unspecified atom stereocenters. The van der Waals surface area contributed by atoms with Crippen LogP contribution in [0.2, 0.25) is 0 Å².